The zero-order valence-corrected chi connectivity index (χ0v) is 19.7. The highest BCUT2D eigenvalue weighted by atomic mass is 35.5. The van der Waals surface area contributed by atoms with Crippen LogP contribution >= 0.6 is 23.2 Å². The van der Waals surface area contributed by atoms with Crippen molar-refractivity contribution < 1.29 is 31.1 Å². The van der Waals surface area contributed by atoms with E-state index < -0.39 is 34.3 Å². The summed E-state index contributed by atoms with van der Waals surface area (Å²) in [6, 6.07) is 12.9. The number of aryl methyl sites for hydroxylation is 1. The summed E-state index contributed by atoms with van der Waals surface area (Å²) in [5.41, 5.74) is 0.117. The van der Waals surface area contributed by atoms with Crippen molar-refractivity contribution in [2.24, 2.45) is 0 Å². The number of halogens is 5. The lowest BCUT2D eigenvalue weighted by Crippen LogP contribution is -2.21. The molecule has 34 heavy (non-hydrogen) atoms. The summed E-state index contributed by atoms with van der Waals surface area (Å²) in [6.45, 7) is 1.26. The van der Waals surface area contributed by atoms with Crippen molar-refractivity contribution in [1.29, 1.82) is 0 Å². The Bertz CT molecular complexity index is 1310. The van der Waals surface area contributed by atoms with Crippen LogP contribution in [0.1, 0.15) is 11.1 Å². The number of anilines is 2. The number of carbonyl (C=O) groups excluding carboxylic acids is 1. The molecule has 0 heterocycles. The first-order valence-corrected chi connectivity index (χ1v) is 11.8. The summed E-state index contributed by atoms with van der Waals surface area (Å²) in [7, 11) is -3.93. The highest BCUT2D eigenvalue weighted by Crippen LogP contribution is 2.34. The van der Waals surface area contributed by atoms with Gasteiger partial charge < -0.3 is 10.1 Å². The molecule has 2 N–H and O–H groups in total. The average Bonchev–Trinajstić information content (AvgIpc) is 2.75. The number of amides is 1. The number of hydrogen-bond donors (Lipinski definition) is 2. The lowest BCUT2D eigenvalue weighted by Gasteiger charge is -2.13. The van der Waals surface area contributed by atoms with Gasteiger partial charge in [-0.1, -0.05) is 40.9 Å². The molecule has 0 radical (unpaired) electrons. The van der Waals surface area contributed by atoms with Crippen molar-refractivity contribution >= 4 is 50.5 Å². The molecule has 0 saturated carbocycles. The average molecular weight is 533 g/mol. The molecule has 3 aromatic carbocycles. The van der Waals surface area contributed by atoms with Crippen molar-refractivity contribution in [3.63, 3.8) is 0 Å². The molecule has 0 atom stereocenters. The van der Waals surface area contributed by atoms with Crippen LogP contribution in [-0.4, -0.2) is 20.9 Å². The minimum Gasteiger partial charge on any atom is -0.482 e. The molecule has 1 amide bonds. The van der Waals surface area contributed by atoms with E-state index in [2.05, 4.69) is 10.0 Å². The number of hydrogen-bond acceptors (Lipinski definition) is 4. The van der Waals surface area contributed by atoms with Crippen LogP contribution in [0.2, 0.25) is 10.0 Å². The molecule has 12 heteroatoms. The molecule has 0 aliphatic carbocycles. The molecular weight excluding hydrogens is 516 g/mol. The van der Waals surface area contributed by atoms with Gasteiger partial charge in [0.25, 0.3) is 15.9 Å². The third-order valence-electron chi connectivity index (χ3n) is 4.44. The van der Waals surface area contributed by atoms with Crippen LogP contribution in [0, 0.1) is 6.92 Å². The fourth-order valence-electron chi connectivity index (χ4n) is 2.73. The molecule has 180 valence electrons. The van der Waals surface area contributed by atoms with Gasteiger partial charge in [-0.25, -0.2) is 8.42 Å². The minimum absolute atomic E-state index is 0.00115. The largest absolute Gasteiger partial charge is 0.482 e. The lowest BCUT2D eigenvalue weighted by atomic mass is 10.2. The molecule has 0 aliphatic rings. The van der Waals surface area contributed by atoms with Crippen molar-refractivity contribution in [2.75, 3.05) is 16.6 Å². The minimum atomic E-state index is -4.61. The van der Waals surface area contributed by atoms with Gasteiger partial charge in [0.2, 0.25) is 0 Å². The molecule has 0 unspecified atom stereocenters. The Morgan fingerprint density at radius 3 is 2.26 bits per heavy atom. The maximum absolute atomic E-state index is 12.9. The summed E-state index contributed by atoms with van der Waals surface area (Å²) in [4.78, 5) is 12.0. The number of carbonyl (C=O) groups is 1. The second-order valence-corrected chi connectivity index (χ2v) is 9.59. The highest BCUT2D eigenvalue weighted by Gasteiger charge is 2.31. The first-order chi connectivity index (χ1) is 15.8. The summed E-state index contributed by atoms with van der Waals surface area (Å²) in [6.07, 6.45) is -4.61. The van der Waals surface area contributed by atoms with E-state index in [1.807, 2.05) is 6.92 Å². The van der Waals surface area contributed by atoms with Crippen molar-refractivity contribution in [1.82, 2.24) is 0 Å². The number of alkyl halides is 3. The van der Waals surface area contributed by atoms with Crippen LogP contribution in [0.25, 0.3) is 0 Å². The molecular formula is C22H17Cl2F3N2O4S. The summed E-state index contributed by atoms with van der Waals surface area (Å²) < 4.78 is 71.5. The monoisotopic (exact) mass is 532 g/mol. The molecule has 0 aromatic heterocycles. The summed E-state index contributed by atoms with van der Waals surface area (Å²) >= 11 is 12.0. The van der Waals surface area contributed by atoms with Crippen LogP contribution in [0.15, 0.2) is 65.6 Å². The van der Waals surface area contributed by atoms with Crippen LogP contribution in [-0.2, 0) is 21.0 Å². The number of ether oxygens (including phenoxy) is 1. The van der Waals surface area contributed by atoms with E-state index in [1.165, 1.54) is 12.1 Å². The van der Waals surface area contributed by atoms with Gasteiger partial charge in [0.1, 0.15) is 5.75 Å². The number of benzene rings is 3. The number of nitrogens with one attached hydrogen (secondary N) is 2. The van der Waals surface area contributed by atoms with E-state index in [4.69, 9.17) is 27.9 Å². The zero-order chi connectivity index (χ0) is 25.1. The highest BCUT2D eigenvalue weighted by molar-refractivity contribution is 7.92. The van der Waals surface area contributed by atoms with Crippen molar-refractivity contribution in [2.45, 2.75) is 18.0 Å². The maximum Gasteiger partial charge on any atom is 0.416 e. The zero-order valence-electron chi connectivity index (χ0n) is 17.4. The third-order valence-corrected chi connectivity index (χ3v) is 6.45. The first kappa shape index (κ1) is 25.7. The Morgan fingerprint density at radius 1 is 0.971 bits per heavy atom. The Kier molecular flexibility index (Phi) is 7.64. The van der Waals surface area contributed by atoms with E-state index in [1.54, 1.807) is 24.3 Å². The first-order valence-electron chi connectivity index (χ1n) is 9.53. The second-order valence-electron chi connectivity index (χ2n) is 7.09. The van der Waals surface area contributed by atoms with E-state index in [9.17, 15) is 26.4 Å². The van der Waals surface area contributed by atoms with Crippen LogP contribution in [0.3, 0.4) is 0 Å². The van der Waals surface area contributed by atoms with Gasteiger partial charge >= 0.3 is 6.18 Å². The Labute approximate surface area is 203 Å². The predicted octanol–water partition coefficient (Wildman–Crippen LogP) is 6.14. The fraction of sp³-hybridized carbons (Fsp3) is 0.136. The van der Waals surface area contributed by atoms with Gasteiger partial charge in [0.15, 0.2) is 6.61 Å². The van der Waals surface area contributed by atoms with E-state index in [0.29, 0.717) is 11.8 Å². The van der Waals surface area contributed by atoms with Crippen molar-refractivity contribution in [3.05, 3.63) is 81.8 Å². The predicted molar refractivity (Wildman–Crippen MR) is 124 cm³/mol. The quantitative estimate of drug-likeness (QED) is 0.382. The third kappa shape index (κ3) is 6.55. The topological polar surface area (TPSA) is 84.5 Å². The van der Waals surface area contributed by atoms with Gasteiger partial charge in [-0.3, -0.25) is 9.52 Å². The summed E-state index contributed by atoms with van der Waals surface area (Å²) in [5.74, 6) is -0.795. The van der Waals surface area contributed by atoms with Gasteiger partial charge in [-0.2, -0.15) is 13.2 Å². The Balaban J connectivity index is 1.66. The molecule has 0 aliphatic heterocycles. The standard InChI is InChI=1S/C22H17Cl2F3N2O4S/c1-13-2-5-15(6-3-13)29-34(31,32)16-7-9-20(18(24)11-16)33-12-21(30)28-19-10-14(22(25,26)27)4-8-17(19)23/h2-11,29H,12H2,1H3,(H,28,30). The number of rotatable bonds is 7. The van der Waals surface area contributed by atoms with Gasteiger partial charge in [-0.05, 0) is 55.5 Å². The lowest BCUT2D eigenvalue weighted by molar-refractivity contribution is -0.137. The molecule has 0 bridgehead atoms. The van der Waals surface area contributed by atoms with Crippen LogP contribution < -0.4 is 14.8 Å². The SMILES string of the molecule is Cc1ccc(NS(=O)(=O)c2ccc(OCC(=O)Nc3cc(C(F)(F)F)ccc3Cl)c(Cl)c2)cc1. The van der Waals surface area contributed by atoms with Gasteiger partial charge in [0, 0.05) is 5.69 Å². The van der Waals surface area contributed by atoms with E-state index >= 15 is 0 Å². The van der Waals surface area contributed by atoms with Gasteiger partial charge in [0.05, 0.1) is 26.2 Å². The molecule has 0 spiro atoms. The Hall–Kier alpha value is -2.95. The Morgan fingerprint density at radius 2 is 1.65 bits per heavy atom. The van der Waals surface area contributed by atoms with E-state index in [-0.39, 0.29) is 26.4 Å². The summed E-state index contributed by atoms with van der Waals surface area (Å²) in [5, 5.41) is 2.06. The van der Waals surface area contributed by atoms with Crippen LogP contribution in [0.5, 0.6) is 5.75 Å². The normalized spacial score (nSPS) is 11.7. The van der Waals surface area contributed by atoms with Crippen LogP contribution in [0.4, 0.5) is 24.5 Å². The molecule has 3 rings (SSSR count). The molecule has 3 aromatic rings. The van der Waals surface area contributed by atoms with Crippen molar-refractivity contribution in [3.8, 4) is 5.75 Å². The van der Waals surface area contributed by atoms with Gasteiger partial charge in [-0.15, -0.1) is 0 Å². The maximum atomic E-state index is 12.9. The second kappa shape index (κ2) is 10.1. The molecule has 0 fully saturated rings. The smallest absolute Gasteiger partial charge is 0.416 e. The van der Waals surface area contributed by atoms with E-state index in [0.717, 1.165) is 23.8 Å². The fourth-order valence-corrected chi connectivity index (χ4v) is 4.28. The molecule has 6 nitrogen and oxygen atoms in total. The molecule has 0 saturated heterocycles. The number of sulfonamides is 1.